The normalized spacial score (nSPS) is 11.4. The molecular weight excluding hydrogens is 377 g/mol. The highest BCUT2D eigenvalue weighted by Gasteiger charge is 2.07. The van der Waals surface area contributed by atoms with Crippen LogP contribution in [-0.2, 0) is 0 Å². The van der Waals surface area contributed by atoms with Crippen molar-refractivity contribution in [3.63, 3.8) is 0 Å². The van der Waals surface area contributed by atoms with Crippen molar-refractivity contribution in [3.05, 3.63) is 63.5 Å². The molecule has 3 rings (SSSR count). The van der Waals surface area contributed by atoms with E-state index < -0.39 is 0 Å². The monoisotopic (exact) mass is 391 g/mol. The van der Waals surface area contributed by atoms with E-state index in [1.54, 1.807) is 19.2 Å². The van der Waals surface area contributed by atoms with Crippen LogP contribution >= 0.6 is 34.5 Å². The molecule has 1 aromatic heterocycles. The Labute approximate surface area is 160 Å². The summed E-state index contributed by atoms with van der Waals surface area (Å²) < 4.78 is 5.16. The molecular formula is C18H15Cl2N3OS. The Morgan fingerprint density at radius 3 is 2.56 bits per heavy atom. The number of anilines is 1. The van der Waals surface area contributed by atoms with Crippen molar-refractivity contribution in [2.24, 2.45) is 5.10 Å². The second kappa shape index (κ2) is 7.87. The molecule has 0 atom stereocenters. The van der Waals surface area contributed by atoms with Gasteiger partial charge in [0.2, 0.25) is 5.13 Å². The average molecular weight is 392 g/mol. The molecule has 0 fully saturated rings. The molecule has 0 unspecified atom stereocenters. The number of benzene rings is 2. The zero-order chi connectivity index (χ0) is 17.8. The summed E-state index contributed by atoms with van der Waals surface area (Å²) in [6.07, 6.45) is 0. The predicted octanol–water partition coefficient (Wildman–Crippen LogP) is 5.96. The van der Waals surface area contributed by atoms with E-state index in [4.69, 9.17) is 27.9 Å². The molecule has 1 heterocycles. The van der Waals surface area contributed by atoms with Crippen molar-refractivity contribution in [1.29, 1.82) is 0 Å². The fourth-order valence-corrected chi connectivity index (χ4v) is 3.10. The first kappa shape index (κ1) is 17.7. The Balaban J connectivity index is 1.73. The van der Waals surface area contributed by atoms with Crippen molar-refractivity contribution in [2.75, 3.05) is 12.5 Å². The van der Waals surface area contributed by atoms with Gasteiger partial charge in [0.1, 0.15) is 5.75 Å². The number of nitrogens with zero attached hydrogens (tertiary/aromatic N) is 2. The molecule has 0 aliphatic rings. The fraction of sp³-hybridized carbons (Fsp3) is 0.111. The first-order chi connectivity index (χ1) is 12.1. The van der Waals surface area contributed by atoms with Gasteiger partial charge in [-0.25, -0.2) is 4.98 Å². The lowest BCUT2D eigenvalue weighted by atomic mass is 10.1. The average Bonchev–Trinajstić information content (AvgIpc) is 3.11. The van der Waals surface area contributed by atoms with E-state index in [1.165, 1.54) is 11.3 Å². The molecule has 0 saturated heterocycles. The Morgan fingerprint density at radius 2 is 1.88 bits per heavy atom. The highest BCUT2D eigenvalue weighted by molar-refractivity contribution is 7.14. The third kappa shape index (κ3) is 4.31. The maximum absolute atomic E-state index is 6.06. The van der Waals surface area contributed by atoms with Crippen LogP contribution in [0.2, 0.25) is 10.0 Å². The Bertz CT molecular complexity index is 907. The van der Waals surface area contributed by atoms with E-state index in [1.807, 2.05) is 42.6 Å². The summed E-state index contributed by atoms with van der Waals surface area (Å²) >= 11 is 13.5. The van der Waals surface area contributed by atoms with Crippen molar-refractivity contribution in [3.8, 4) is 17.0 Å². The molecule has 1 N–H and O–H groups in total. The van der Waals surface area contributed by atoms with Gasteiger partial charge in [0.05, 0.1) is 28.6 Å². The van der Waals surface area contributed by atoms with E-state index in [0.29, 0.717) is 15.2 Å². The molecule has 128 valence electrons. The number of hydrogen-bond acceptors (Lipinski definition) is 5. The minimum Gasteiger partial charge on any atom is -0.497 e. The van der Waals surface area contributed by atoms with Gasteiger partial charge in [0.25, 0.3) is 0 Å². The topological polar surface area (TPSA) is 46.5 Å². The SMILES string of the molecule is COc1ccc(/C(C)=N\Nc2nc(-c3ccc(Cl)c(Cl)c3)cs2)cc1. The lowest BCUT2D eigenvalue weighted by Crippen LogP contribution is -1.99. The van der Waals surface area contributed by atoms with Crippen LogP contribution in [0.25, 0.3) is 11.3 Å². The zero-order valence-corrected chi connectivity index (χ0v) is 15.9. The highest BCUT2D eigenvalue weighted by Crippen LogP contribution is 2.30. The van der Waals surface area contributed by atoms with Crippen LogP contribution < -0.4 is 10.2 Å². The molecule has 7 heteroatoms. The molecule has 0 radical (unpaired) electrons. The summed E-state index contributed by atoms with van der Waals surface area (Å²) in [5.74, 6) is 0.815. The van der Waals surface area contributed by atoms with Crippen LogP contribution in [0.3, 0.4) is 0 Å². The minimum absolute atomic E-state index is 0.509. The van der Waals surface area contributed by atoms with E-state index in [9.17, 15) is 0 Å². The summed E-state index contributed by atoms with van der Waals surface area (Å²) in [4.78, 5) is 4.52. The van der Waals surface area contributed by atoms with Crippen LogP contribution in [0.15, 0.2) is 52.9 Å². The Hall–Kier alpha value is -2.08. The molecule has 0 amide bonds. The summed E-state index contributed by atoms with van der Waals surface area (Å²) in [6.45, 7) is 1.93. The number of halogens is 2. The van der Waals surface area contributed by atoms with Crippen LogP contribution in [0.4, 0.5) is 5.13 Å². The van der Waals surface area contributed by atoms with E-state index in [-0.39, 0.29) is 0 Å². The van der Waals surface area contributed by atoms with Gasteiger partial charge in [0.15, 0.2) is 0 Å². The van der Waals surface area contributed by atoms with Gasteiger partial charge in [0, 0.05) is 10.9 Å². The van der Waals surface area contributed by atoms with E-state index in [2.05, 4.69) is 15.5 Å². The Morgan fingerprint density at radius 1 is 1.12 bits per heavy atom. The number of ether oxygens (including phenoxy) is 1. The van der Waals surface area contributed by atoms with Gasteiger partial charge in [-0.15, -0.1) is 11.3 Å². The first-order valence-electron chi connectivity index (χ1n) is 7.42. The number of aromatic nitrogens is 1. The van der Waals surface area contributed by atoms with Crippen molar-refractivity contribution in [2.45, 2.75) is 6.92 Å². The predicted molar refractivity (Wildman–Crippen MR) is 106 cm³/mol. The van der Waals surface area contributed by atoms with Gasteiger partial charge in [-0.2, -0.15) is 5.10 Å². The zero-order valence-electron chi connectivity index (χ0n) is 13.6. The van der Waals surface area contributed by atoms with Crippen molar-refractivity contribution in [1.82, 2.24) is 4.98 Å². The lowest BCUT2D eigenvalue weighted by molar-refractivity contribution is 0.415. The number of hydrazone groups is 1. The number of nitrogens with one attached hydrogen (secondary N) is 1. The molecule has 0 bridgehead atoms. The second-order valence-electron chi connectivity index (χ2n) is 5.20. The fourth-order valence-electron chi connectivity index (χ4n) is 2.14. The molecule has 0 spiro atoms. The largest absolute Gasteiger partial charge is 0.497 e. The maximum atomic E-state index is 6.06. The maximum Gasteiger partial charge on any atom is 0.203 e. The highest BCUT2D eigenvalue weighted by atomic mass is 35.5. The number of rotatable bonds is 5. The number of hydrogen-bond donors (Lipinski definition) is 1. The summed E-state index contributed by atoms with van der Waals surface area (Å²) in [5, 5.41) is 8.07. The first-order valence-corrected chi connectivity index (χ1v) is 9.06. The van der Waals surface area contributed by atoms with Gasteiger partial charge in [-0.05, 0) is 48.9 Å². The molecule has 0 saturated carbocycles. The van der Waals surface area contributed by atoms with Crippen LogP contribution in [0.5, 0.6) is 5.75 Å². The number of thiazole rings is 1. The van der Waals surface area contributed by atoms with Gasteiger partial charge < -0.3 is 4.74 Å². The third-order valence-electron chi connectivity index (χ3n) is 3.55. The summed E-state index contributed by atoms with van der Waals surface area (Å²) in [7, 11) is 1.64. The van der Waals surface area contributed by atoms with E-state index >= 15 is 0 Å². The molecule has 25 heavy (non-hydrogen) atoms. The third-order valence-corrected chi connectivity index (χ3v) is 5.03. The van der Waals surface area contributed by atoms with Crippen molar-refractivity contribution < 1.29 is 4.74 Å². The second-order valence-corrected chi connectivity index (χ2v) is 6.88. The molecule has 0 aliphatic heterocycles. The van der Waals surface area contributed by atoms with Crippen LogP contribution in [-0.4, -0.2) is 17.8 Å². The lowest BCUT2D eigenvalue weighted by Gasteiger charge is -2.03. The number of methoxy groups -OCH3 is 1. The summed E-state index contributed by atoms with van der Waals surface area (Å²) in [6, 6.07) is 13.2. The van der Waals surface area contributed by atoms with Gasteiger partial charge in [-0.3, -0.25) is 5.43 Å². The standard InChI is InChI=1S/C18H15Cl2N3OS/c1-11(12-3-6-14(24-2)7-4-12)22-23-18-21-17(10-25-18)13-5-8-15(19)16(20)9-13/h3-10H,1-2H3,(H,21,23)/b22-11-. The molecule has 3 aromatic rings. The van der Waals surface area contributed by atoms with Gasteiger partial charge in [-0.1, -0.05) is 29.3 Å². The smallest absolute Gasteiger partial charge is 0.203 e. The molecule has 4 nitrogen and oxygen atoms in total. The Kier molecular flexibility index (Phi) is 5.58. The van der Waals surface area contributed by atoms with Crippen LogP contribution in [0.1, 0.15) is 12.5 Å². The molecule has 2 aromatic carbocycles. The van der Waals surface area contributed by atoms with E-state index in [0.717, 1.165) is 28.3 Å². The summed E-state index contributed by atoms with van der Waals surface area (Å²) in [5.41, 5.74) is 6.59. The molecule has 0 aliphatic carbocycles. The van der Waals surface area contributed by atoms with Crippen LogP contribution in [0, 0.1) is 0 Å². The minimum atomic E-state index is 0.509. The van der Waals surface area contributed by atoms with Crippen molar-refractivity contribution >= 4 is 45.4 Å². The quantitative estimate of drug-likeness (QED) is 0.430. The van der Waals surface area contributed by atoms with Gasteiger partial charge >= 0.3 is 0 Å².